The van der Waals surface area contributed by atoms with Gasteiger partial charge in [0, 0.05) is 0 Å². The summed E-state index contributed by atoms with van der Waals surface area (Å²) in [6.07, 6.45) is -5.23. The van der Waals surface area contributed by atoms with Gasteiger partial charge in [0.1, 0.15) is 6.61 Å². The fraction of sp³-hybridized carbons (Fsp3) is 1.00. The van der Waals surface area contributed by atoms with Crippen molar-refractivity contribution in [2.24, 2.45) is 0 Å². The molecule has 0 aromatic carbocycles. The zero-order valence-electron chi connectivity index (χ0n) is 6.92. The predicted octanol–water partition coefficient (Wildman–Crippen LogP) is 1.17. The third-order valence-corrected chi connectivity index (χ3v) is 5.24. The molecule has 1 fully saturated rings. The van der Waals surface area contributed by atoms with Gasteiger partial charge in [0.05, 0.1) is 21.5 Å². The lowest BCUT2D eigenvalue weighted by Gasteiger charge is -2.14. The van der Waals surface area contributed by atoms with Gasteiger partial charge in [-0.15, -0.1) is 0 Å². The van der Waals surface area contributed by atoms with Crippen molar-refractivity contribution in [3.63, 3.8) is 0 Å². The number of hydrogen-bond donors (Lipinski definition) is 0. The van der Waals surface area contributed by atoms with Crippen LogP contribution in [0.25, 0.3) is 0 Å². The quantitative estimate of drug-likeness (QED) is 0.558. The molecule has 1 rings (SSSR count). The monoisotopic (exact) mass is 344 g/mol. The van der Waals surface area contributed by atoms with Crippen LogP contribution in [-0.4, -0.2) is 42.7 Å². The maximum Gasteiger partial charge on any atom is 0.411 e. The minimum atomic E-state index is -4.40. The number of alkyl halides is 4. The van der Waals surface area contributed by atoms with Gasteiger partial charge in [-0.1, -0.05) is 22.6 Å². The van der Waals surface area contributed by atoms with E-state index in [1.54, 1.807) is 22.6 Å². The smallest absolute Gasteiger partial charge is 0.367 e. The maximum atomic E-state index is 11.8. The van der Waals surface area contributed by atoms with Gasteiger partial charge in [0.2, 0.25) is 0 Å². The Labute approximate surface area is 93.1 Å². The van der Waals surface area contributed by atoms with E-state index in [-0.39, 0.29) is 15.4 Å². The minimum Gasteiger partial charge on any atom is -0.367 e. The van der Waals surface area contributed by atoms with Gasteiger partial charge in [0.25, 0.3) is 0 Å². The Bertz CT molecular complexity index is 300. The summed E-state index contributed by atoms with van der Waals surface area (Å²) in [5.74, 6) is -0.410. The van der Waals surface area contributed by atoms with Gasteiger partial charge in [-0.3, -0.25) is 0 Å². The molecule has 2 unspecified atom stereocenters. The first-order chi connectivity index (χ1) is 6.20. The summed E-state index contributed by atoms with van der Waals surface area (Å²) in [5, 5.41) is 0. The van der Waals surface area contributed by atoms with Gasteiger partial charge in [0.15, 0.2) is 9.84 Å². The molecule has 1 aliphatic rings. The van der Waals surface area contributed by atoms with E-state index in [1.165, 1.54) is 0 Å². The highest BCUT2D eigenvalue weighted by Crippen LogP contribution is 2.25. The molecule has 84 valence electrons. The number of halogens is 4. The third kappa shape index (κ3) is 3.89. The molecule has 1 heterocycles. The van der Waals surface area contributed by atoms with Gasteiger partial charge < -0.3 is 4.74 Å². The molecule has 0 aromatic heterocycles. The minimum absolute atomic E-state index is 0.101. The van der Waals surface area contributed by atoms with Crippen molar-refractivity contribution in [2.45, 2.75) is 16.2 Å². The molecule has 0 aromatic rings. The normalized spacial score (nSPS) is 32.0. The van der Waals surface area contributed by atoms with Crippen LogP contribution < -0.4 is 0 Å². The molecule has 1 saturated heterocycles. The average Bonchev–Trinajstić information content (AvgIpc) is 2.19. The first kappa shape index (κ1) is 12.5. The molecule has 0 bridgehead atoms. The first-order valence-corrected chi connectivity index (χ1v) is 6.79. The van der Waals surface area contributed by atoms with Crippen LogP contribution in [0.5, 0.6) is 0 Å². The van der Waals surface area contributed by atoms with Crippen molar-refractivity contribution in [3.05, 3.63) is 0 Å². The highest BCUT2D eigenvalue weighted by Gasteiger charge is 2.39. The van der Waals surface area contributed by atoms with Gasteiger partial charge in [-0.25, -0.2) is 8.42 Å². The molecule has 0 saturated carbocycles. The maximum absolute atomic E-state index is 11.8. The van der Waals surface area contributed by atoms with E-state index >= 15 is 0 Å². The second-order valence-corrected chi connectivity index (χ2v) is 6.81. The molecular weight excluding hydrogens is 336 g/mol. The van der Waals surface area contributed by atoms with Crippen molar-refractivity contribution in [3.8, 4) is 0 Å². The van der Waals surface area contributed by atoms with Crippen LogP contribution in [0.2, 0.25) is 0 Å². The summed E-state index contributed by atoms with van der Waals surface area (Å²) in [6.45, 7) is -1.38. The molecule has 8 heteroatoms. The zero-order valence-corrected chi connectivity index (χ0v) is 9.89. The number of ether oxygens (including phenoxy) is 1. The summed E-state index contributed by atoms with van der Waals surface area (Å²) >= 11 is 1.80. The van der Waals surface area contributed by atoms with Crippen LogP contribution >= 0.6 is 22.6 Å². The largest absolute Gasteiger partial charge is 0.411 e. The summed E-state index contributed by atoms with van der Waals surface area (Å²) in [4.78, 5) is 0. The SMILES string of the molecule is O=S1(=O)CC(I)C(OCC(F)(F)F)C1. The van der Waals surface area contributed by atoms with Crippen LogP contribution in [0.1, 0.15) is 0 Å². The van der Waals surface area contributed by atoms with E-state index in [9.17, 15) is 21.6 Å². The molecular formula is C6H8F3IO3S. The lowest BCUT2D eigenvalue weighted by atomic mass is 10.3. The average molecular weight is 344 g/mol. The van der Waals surface area contributed by atoms with Crippen molar-refractivity contribution in [1.29, 1.82) is 0 Å². The molecule has 2 atom stereocenters. The van der Waals surface area contributed by atoms with E-state index in [0.29, 0.717) is 0 Å². The topological polar surface area (TPSA) is 43.4 Å². The summed E-state index contributed by atoms with van der Waals surface area (Å²) in [6, 6.07) is 0. The predicted molar refractivity (Wildman–Crippen MR) is 52.3 cm³/mol. The Kier molecular flexibility index (Phi) is 3.68. The van der Waals surface area contributed by atoms with E-state index < -0.39 is 28.7 Å². The molecule has 0 amide bonds. The third-order valence-electron chi connectivity index (χ3n) is 1.70. The second-order valence-electron chi connectivity index (χ2n) is 3.06. The first-order valence-electron chi connectivity index (χ1n) is 3.72. The molecule has 1 aliphatic heterocycles. The fourth-order valence-corrected chi connectivity index (χ4v) is 5.24. The Morgan fingerprint density at radius 2 is 1.93 bits per heavy atom. The standard InChI is InChI=1S/C6H8F3IO3S/c7-6(8,9)3-13-5-2-14(11,12)1-4(5)10/h4-5H,1-3H2. The molecule has 14 heavy (non-hydrogen) atoms. The van der Waals surface area contributed by atoms with Gasteiger partial charge >= 0.3 is 6.18 Å². The van der Waals surface area contributed by atoms with Crippen molar-refractivity contribution < 1.29 is 26.3 Å². The van der Waals surface area contributed by atoms with E-state index in [4.69, 9.17) is 0 Å². The molecule has 0 N–H and O–H groups in total. The van der Waals surface area contributed by atoms with Crippen LogP contribution in [0.4, 0.5) is 13.2 Å². The van der Waals surface area contributed by atoms with Crippen LogP contribution in [0, 0.1) is 0 Å². The van der Waals surface area contributed by atoms with E-state index in [2.05, 4.69) is 4.74 Å². The molecule has 0 spiro atoms. The number of hydrogen-bond acceptors (Lipinski definition) is 3. The molecule has 0 aliphatic carbocycles. The highest BCUT2D eigenvalue weighted by molar-refractivity contribution is 14.1. The lowest BCUT2D eigenvalue weighted by molar-refractivity contribution is -0.181. The Balaban J connectivity index is 2.48. The van der Waals surface area contributed by atoms with Gasteiger partial charge in [-0.05, 0) is 0 Å². The summed E-state index contributed by atoms with van der Waals surface area (Å²) in [7, 11) is -3.21. The van der Waals surface area contributed by atoms with Crippen molar-refractivity contribution in [1.82, 2.24) is 0 Å². The van der Waals surface area contributed by atoms with E-state index in [0.717, 1.165) is 0 Å². The van der Waals surface area contributed by atoms with Gasteiger partial charge in [-0.2, -0.15) is 13.2 Å². The van der Waals surface area contributed by atoms with Crippen LogP contribution in [-0.2, 0) is 14.6 Å². The lowest BCUT2D eigenvalue weighted by Crippen LogP contribution is -2.28. The van der Waals surface area contributed by atoms with Crippen LogP contribution in [0.15, 0.2) is 0 Å². The zero-order chi connectivity index (χ0) is 11.0. The summed E-state index contributed by atoms with van der Waals surface area (Å²) < 4.78 is 61.4. The number of rotatable bonds is 2. The van der Waals surface area contributed by atoms with Crippen molar-refractivity contribution in [2.75, 3.05) is 18.1 Å². The van der Waals surface area contributed by atoms with E-state index in [1.807, 2.05) is 0 Å². The Hall–Kier alpha value is 0.430. The molecule has 3 nitrogen and oxygen atoms in total. The number of sulfone groups is 1. The second kappa shape index (κ2) is 4.12. The molecule has 0 radical (unpaired) electrons. The highest BCUT2D eigenvalue weighted by atomic mass is 127. The Morgan fingerprint density at radius 1 is 1.36 bits per heavy atom. The fourth-order valence-electron chi connectivity index (χ4n) is 1.13. The Morgan fingerprint density at radius 3 is 2.29 bits per heavy atom. The van der Waals surface area contributed by atoms with Crippen LogP contribution in [0.3, 0.4) is 0 Å². The van der Waals surface area contributed by atoms with Crippen molar-refractivity contribution >= 4 is 32.4 Å². The summed E-state index contributed by atoms with van der Waals surface area (Å²) in [5.41, 5.74) is 0.